The molecule has 0 bridgehead atoms. The second kappa shape index (κ2) is 6.47. The Kier molecular flexibility index (Phi) is 4.81. The van der Waals surface area contributed by atoms with Crippen molar-refractivity contribution in [1.29, 1.82) is 0 Å². The van der Waals surface area contributed by atoms with E-state index in [1.807, 2.05) is 11.8 Å². The first-order valence-electron chi connectivity index (χ1n) is 7.08. The summed E-state index contributed by atoms with van der Waals surface area (Å²) < 4.78 is 16.5. The molecule has 0 N–H and O–H groups in total. The molecule has 1 aliphatic rings. The van der Waals surface area contributed by atoms with Gasteiger partial charge in [-0.05, 0) is 47.5 Å². The highest BCUT2D eigenvalue weighted by Gasteiger charge is 2.26. The maximum atomic E-state index is 13.9. The number of alkyl halides is 1. The van der Waals surface area contributed by atoms with Crippen molar-refractivity contribution in [2.45, 2.75) is 42.9 Å². The molecular formula is C15H17BrClFN2S. The number of hydrogen-bond acceptors (Lipinski definition) is 2. The molecule has 1 saturated carbocycles. The number of rotatable bonds is 3. The highest BCUT2D eigenvalue weighted by atomic mass is 79.9. The van der Waals surface area contributed by atoms with Crippen molar-refractivity contribution in [2.24, 2.45) is 0 Å². The van der Waals surface area contributed by atoms with Crippen LogP contribution in [0.1, 0.15) is 37.5 Å². The van der Waals surface area contributed by atoms with Gasteiger partial charge in [0, 0.05) is 17.4 Å². The third kappa shape index (κ3) is 2.97. The van der Waals surface area contributed by atoms with Gasteiger partial charge in [0.15, 0.2) is 0 Å². The fourth-order valence-corrected chi connectivity index (χ4v) is 4.55. The highest BCUT2D eigenvalue weighted by Crippen LogP contribution is 2.37. The molecule has 1 aromatic heterocycles. The molecule has 1 aliphatic carbocycles. The predicted molar refractivity (Wildman–Crippen MR) is 91.8 cm³/mol. The minimum Gasteiger partial charge on any atom is -0.324 e. The molecule has 1 fully saturated rings. The standard InChI is InChI=1S/C15H17BrClFN2S/c1-21-10-4-2-3-9(5-10)20-14-7-12(18)11(16)6-13(14)19-15(20)8-17/h6-7,9-10H,2-5,8H2,1H3. The number of aromatic nitrogens is 2. The number of fused-ring (bicyclic) bond motifs is 1. The van der Waals surface area contributed by atoms with Gasteiger partial charge in [-0.2, -0.15) is 11.8 Å². The monoisotopic (exact) mass is 390 g/mol. The van der Waals surface area contributed by atoms with Crippen molar-refractivity contribution in [3.8, 4) is 0 Å². The molecule has 3 rings (SSSR count). The number of imidazole rings is 1. The summed E-state index contributed by atoms with van der Waals surface area (Å²) in [5.41, 5.74) is 1.67. The SMILES string of the molecule is CSC1CCCC(n2c(CCl)nc3cc(Br)c(F)cc32)C1. The zero-order chi connectivity index (χ0) is 15.0. The fourth-order valence-electron chi connectivity index (χ4n) is 3.21. The molecule has 0 amide bonds. The minimum atomic E-state index is -0.248. The molecule has 2 atom stereocenters. The topological polar surface area (TPSA) is 17.8 Å². The summed E-state index contributed by atoms with van der Waals surface area (Å²) in [5, 5.41) is 0.671. The van der Waals surface area contributed by atoms with E-state index >= 15 is 0 Å². The van der Waals surface area contributed by atoms with Gasteiger partial charge in [-0.15, -0.1) is 11.6 Å². The van der Waals surface area contributed by atoms with Crippen molar-refractivity contribution in [3.05, 3.63) is 28.2 Å². The molecule has 2 aromatic rings. The number of nitrogens with zero attached hydrogens (tertiary/aromatic N) is 2. The summed E-state index contributed by atoms with van der Waals surface area (Å²) in [6.45, 7) is 0. The summed E-state index contributed by atoms with van der Waals surface area (Å²) >= 11 is 11.2. The Morgan fingerprint density at radius 1 is 1.48 bits per heavy atom. The van der Waals surface area contributed by atoms with Crippen LogP contribution in [-0.4, -0.2) is 21.1 Å². The normalized spacial score (nSPS) is 22.9. The Hall–Kier alpha value is -0.260. The van der Waals surface area contributed by atoms with Gasteiger partial charge in [0.05, 0.1) is 21.4 Å². The van der Waals surface area contributed by atoms with E-state index in [0.717, 1.165) is 29.7 Å². The first-order valence-corrected chi connectivity index (χ1v) is 9.70. The average molecular weight is 392 g/mol. The first-order chi connectivity index (χ1) is 10.1. The number of benzene rings is 1. The molecule has 0 spiro atoms. The lowest BCUT2D eigenvalue weighted by molar-refractivity contribution is 0.362. The van der Waals surface area contributed by atoms with Gasteiger partial charge in [0.1, 0.15) is 11.6 Å². The molecule has 0 radical (unpaired) electrons. The molecule has 2 nitrogen and oxygen atoms in total. The molecular weight excluding hydrogens is 375 g/mol. The second-order valence-corrected chi connectivity index (χ2v) is 7.72. The predicted octanol–water partition coefficient (Wildman–Crippen LogP) is 5.52. The van der Waals surface area contributed by atoms with Crippen LogP contribution in [0.5, 0.6) is 0 Å². The number of halogens is 3. The van der Waals surface area contributed by atoms with Crippen LogP contribution in [0, 0.1) is 5.82 Å². The van der Waals surface area contributed by atoms with E-state index in [2.05, 4.69) is 31.7 Å². The zero-order valence-electron chi connectivity index (χ0n) is 11.8. The molecule has 6 heteroatoms. The van der Waals surface area contributed by atoms with Gasteiger partial charge >= 0.3 is 0 Å². The van der Waals surface area contributed by atoms with Crippen LogP contribution in [0.4, 0.5) is 4.39 Å². The van der Waals surface area contributed by atoms with Crippen molar-refractivity contribution >= 4 is 50.3 Å². The lowest BCUT2D eigenvalue weighted by Crippen LogP contribution is -2.21. The van der Waals surface area contributed by atoms with Crippen molar-refractivity contribution in [1.82, 2.24) is 9.55 Å². The molecule has 0 aliphatic heterocycles. The minimum absolute atomic E-state index is 0.248. The highest BCUT2D eigenvalue weighted by molar-refractivity contribution is 9.10. The third-order valence-electron chi connectivity index (χ3n) is 4.22. The van der Waals surface area contributed by atoms with Crippen LogP contribution >= 0.6 is 39.3 Å². The summed E-state index contributed by atoms with van der Waals surface area (Å²) in [7, 11) is 0. The van der Waals surface area contributed by atoms with E-state index in [0.29, 0.717) is 21.6 Å². The molecule has 2 unspecified atom stereocenters. The van der Waals surface area contributed by atoms with E-state index in [1.54, 1.807) is 12.1 Å². The van der Waals surface area contributed by atoms with Crippen LogP contribution in [0.2, 0.25) is 0 Å². The lowest BCUT2D eigenvalue weighted by Gasteiger charge is -2.30. The van der Waals surface area contributed by atoms with Crippen molar-refractivity contribution in [3.63, 3.8) is 0 Å². The number of hydrogen-bond donors (Lipinski definition) is 0. The Morgan fingerprint density at radius 3 is 3.00 bits per heavy atom. The quantitative estimate of drug-likeness (QED) is 0.641. The summed E-state index contributed by atoms with van der Waals surface area (Å²) in [6.07, 6.45) is 6.85. The van der Waals surface area contributed by atoms with Crippen molar-refractivity contribution < 1.29 is 4.39 Å². The van der Waals surface area contributed by atoms with E-state index < -0.39 is 0 Å². The average Bonchev–Trinajstić information content (AvgIpc) is 2.85. The Balaban J connectivity index is 2.09. The second-order valence-electron chi connectivity index (χ2n) is 5.46. The number of thioether (sulfide) groups is 1. The molecule has 0 saturated heterocycles. The van der Waals surface area contributed by atoms with Crippen LogP contribution in [0.25, 0.3) is 11.0 Å². The molecule has 21 heavy (non-hydrogen) atoms. The maximum absolute atomic E-state index is 13.9. The Labute approximate surface area is 141 Å². The van der Waals surface area contributed by atoms with Crippen molar-refractivity contribution in [2.75, 3.05) is 6.26 Å². The molecule has 114 valence electrons. The Morgan fingerprint density at radius 2 is 2.29 bits per heavy atom. The van der Waals surface area contributed by atoms with Gasteiger partial charge in [-0.3, -0.25) is 0 Å². The first kappa shape index (κ1) is 15.6. The van der Waals surface area contributed by atoms with Crippen LogP contribution in [0.3, 0.4) is 0 Å². The lowest BCUT2D eigenvalue weighted by atomic mass is 9.94. The third-order valence-corrected chi connectivity index (χ3v) is 6.16. The van der Waals surface area contributed by atoms with Gasteiger partial charge < -0.3 is 4.57 Å². The summed E-state index contributed by atoms with van der Waals surface area (Å²) in [6, 6.07) is 3.69. The zero-order valence-corrected chi connectivity index (χ0v) is 14.9. The van der Waals surface area contributed by atoms with E-state index in [-0.39, 0.29) is 5.82 Å². The van der Waals surface area contributed by atoms with Crippen LogP contribution < -0.4 is 0 Å². The Bertz CT molecular complexity index is 661. The van der Waals surface area contributed by atoms with Crippen LogP contribution in [-0.2, 0) is 5.88 Å². The fraction of sp³-hybridized carbons (Fsp3) is 0.533. The van der Waals surface area contributed by atoms with Gasteiger partial charge in [0.25, 0.3) is 0 Å². The van der Waals surface area contributed by atoms with E-state index in [1.165, 1.54) is 12.8 Å². The maximum Gasteiger partial charge on any atom is 0.139 e. The molecule has 1 aromatic carbocycles. The van der Waals surface area contributed by atoms with Gasteiger partial charge in [-0.25, -0.2) is 9.37 Å². The van der Waals surface area contributed by atoms with E-state index in [4.69, 9.17) is 11.6 Å². The molecule has 1 heterocycles. The van der Waals surface area contributed by atoms with Gasteiger partial charge in [-0.1, -0.05) is 6.42 Å². The van der Waals surface area contributed by atoms with Gasteiger partial charge in [0.2, 0.25) is 0 Å². The summed E-state index contributed by atoms with van der Waals surface area (Å²) in [4.78, 5) is 4.59. The summed E-state index contributed by atoms with van der Waals surface area (Å²) in [5.74, 6) is 0.951. The largest absolute Gasteiger partial charge is 0.324 e. The van der Waals surface area contributed by atoms with Crippen LogP contribution in [0.15, 0.2) is 16.6 Å². The van der Waals surface area contributed by atoms with E-state index in [9.17, 15) is 4.39 Å². The smallest absolute Gasteiger partial charge is 0.139 e.